The fourth-order valence-electron chi connectivity index (χ4n) is 2.10. The minimum absolute atomic E-state index is 0.00681. The smallest absolute Gasteiger partial charge is 0.255 e. The minimum atomic E-state index is -0.521. The van der Waals surface area contributed by atoms with Crippen molar-refractivity contribution < 1.29 is 14.3 Å². The summed E-state index contributed by atoms with van der Waals surface area (Å²) in [5.41, 5.74) is 5.70. The zero-order valence-corrected chi connectivity index (χ0v) is 11.2. The summed E-state index contributed by atoms with van der Waals surface area (Å²) in [6, 6.07) is 6.85. The van der Waals surface area contributed by atoms with Gasteiger partial charge in [-0.25, -0.2) is 0 Å². The maximum Gasteiger partial charge on any atom is 0.255 e. The Labute approximate surface area is 117 Å². The molecule has 0 unspecified atom stereocenters. The maximum atomic E-state index is 11.8. The van der Waals surface area contributed by atoms with Crippen LogP contribution in [0.25, 0.3) is 0 Å². The van der Waals surface area contributed by atoms with Gasteiger partial charge in [-0.05, 0) is 43.0 Å². The Bertz CT molecular complexity index is 508. The second-order valence-electron chi connectivity index (χ2n) is 4.80. The SMILES string of the molecule is NC(=O)COc1ccc(NC(=O)C[C@H]2C=CCC2)cc1. The van der Waals surface area contributed by atoms with Gasteiger partial charge in [-0.15, -0.1) is 0 Å². The molecule has 3 N–H and O–H groups in total. The van der Waals surface area contributed by atoms with Gasteiger partial charge < -0.3 is 15.8 Å². The second kappa shape index (κ2) is 6.75. The van der Waals surface area contributed by atoms with E-state index in [-0.39, 0.29) is 12.5 Å². The molecule has 1 aliphatic carbocycles. The van der Waals surface area contributed by atoms with Crippen LogP contribution in [0, 0.1) is 5.92 Å². The Morgan fingerprint density at radius 2 is 2.05 bits per heavy atom. The predicted molar refractivity (Wildman–Crippen MR) is 76.2 cm³/mol. The lowest BCUT2D eigenvalue weighted by molar-refractivity contribution is -0.120. The molecular weight excluding hydrogens is 256 g/mol. The molecule has 1 atom stereocenters. The largest absolute Gasteiger partial charge is 0.484 e. The van der Waals surface area contributed by atoms with Gasteiger partial charge in [-0.2, -0.15) is 0 Å². The first-order chi connectivity index (χ1) is 9.63. The average Bonchev–Trinajstić information content (AvgIpc) is 2.90. The van der Waals surface area contributed by atoms with E-state index in [1.165, 1.54) is 0 Å². The summed E-state index contributed by atoms with van der Waals surface area (Å²) in [6.45, 7) is -0.153. The van der Waals surface area contributed by atoms with E-state index < -0.39 is 5.91 Å². The zero-order valence-electron chi connectivity index (χ0n) is 11.2. The van der Waals surface area contributed by atoms with E-state index >= 15 is 0 Å². The summed E-state index contributed by atoms with van der Waals surface area (Å²) >= 11 is 0. The van der Waals surface area contributed by atoms with Crippen LogP contribution >= 0.6 is 0 Å². The average molecular weight is 274 g/mol. The highest BCUT2D eigenvalue weighted by molar-refractivity contribution is 5.91. The molecular formula is C15H18N2O3. The van der Waals surface area contributed by atoms with Gasteiger partial charge in [0.05, 0.1) is 0 Å². The third kappa shape index (κ3) is 4.42. The van der Waals surface area contributed by atoms with Crippen molar-refractivity contribution in [3.05, 3.63) is 36.4 Å². The van der Waals surface area contributed by atoms with Crippen molar-refractivity contribution in [2.45, 2.75) is 19.3 Å². The van der Waals surface area contributed by atoms with Gasteiger partial charge in [0.1, 0.15) is 5.75 Å². The summed E-state index contributed by atoms with van der Waals surface area (Å²) < 4.78 is 5.14. The molecule has 0 saturated heterocycles. The summed E-state index contributed by atoms with van der Waals surface area (Å²) in [6.07, 6.45) is 6.83. The lowest BCUT2D eigenvalue weighted by Crippen LogP contribution is -2.20. The monoisotopic (exact) mass is 274 g/mol. The predicted octanol–water partition coefficient (Wildman–Crippen LogP) is 1.85. The van der Waals surface area contributed by atoms with E-state index in [4.69, 9.17) is 10.5 Å². The summed E-state index contributed by atoms with van der Waals surface area (Å²) in [7, 11) is 0. The van der Waals surface area contributed by atoms with Crippen LogP contribution < -0.4 is 15.8 Å². The van der Waals surface area contributed by atoms with Crippen molar-refractivity contribution in [3.8, 4) is 5.75 Å². The normalized spacial score (nSPS) is 16.9. The number of carbonyl (C=O) groups excluding carboxylic acids is 2. The molecule has 1 aliphatic rings. The van der Waals surface area contributed by atoms with Crippen LogP contribution in [0.15, 0.2) is 36.4 Å². The number of allylic oxidation sites excluding steroid dienone is 2. The fourth-order valence-corrected chi connectivity index (χ4v) is 2.10. The third-order valence-electron chi connectivity index (χ3n) is 3.08. The molecule has 2 rings (SSSR count). The lowest BCUT2D eigenvalue weighted by Gasteiger charge is -2.09. The van der Waals surface area contributed by atoms with Crippen LogP contribution in [-0.2, 0) is 9.59 Å². The summed E-state index contributed by atoms with van der Waals surface area (Å²) in [5, 5.41) is 2.84. The molecule has 1 aromatic rings. The molecule has 0 saturated carbocycles. The van der Waals surface area contributed by atoms with Crippen molar-refractivity contribution in [1.82, 2.24) is 0 Å². The number of nitrogens with one attached hydrogen (secondary N) is 1. The number of rotatable bonds is 6. The van der Waals surface area contributed by atoms with Gasteiger partial charge in [0.25, 0.3) is 5.91 Å². The van der Waals surface area contributed by atoms with Crippen molar-refractivity contribution in [2.75, 3.05) is 11.9 Å². The van der Waals surface area contributed by atoms with Gasteiger partial charge in [-0.3, -0.25) is 9.59 Å². The zero-order chi connectivity index (χ0) is 14.4. The first-order valence-corrected chi connectivity index (χ1v) is 6.61. The van der Waals surface area contributed by atoms with Crippen LogP contribution in [-0.4, -0.2) is 18.4 Å². The highest BCUT2D eigenvalue weighted by Crippen LogP contribution is 2.21. The van der Waals surface area contributed by atoms with Gasteiger partial charge in [0.2, 0.25) is 5.91 Å². The minimum Gasteiger partial charge on any atom is -0.484 e. The van der Waals surface area contributed by atoms with Crippen molar-refractivity contribution >= 4 is 17.5 Å². The molecule has 0 radical (unpaired) electrons. The van der Waals surface area contributed by atoms with Crippen molar-refractivity contribution in [3.63, 3.8) is 0 Å². The quantitative estimate of drug-likeness (QED) is 0.777. The van der Waals surface area contributed by atoms with Crippen molar-refractivity contribution in [2.24, 2.45) is 11.7 Å². The summed E-state index contributed by atoms with van der Waals surface area (Å²) in [4.78, 5) is 22.4. The topological polar surface area (TPSA) is 81.4 Å². The number of anilines is 1. The number of carbonyl (C=O) groups is 2. The van der Waals surface area contributed by atoms with E-state index in [0.29, 0.717) is 23.8 Å². The highest BCUT2D eigenvalue weighted by atomic mass is 16.5. The number of hydrogen-bond donors (Lipinski definition) is 2. The lowest BCUT2D eigenvalue weighted by atomic mass is 10.1. The van der Waals surface area contributed by atoms with E-state index in [2.05, 4.69) is 17.5 Å². The Balaban J connectivity index is 1.81. The molecule has 5 nitrogen and oxygen atoms in total. The molecule has 106 valence electrons. The number of hydrogen-bond acceptors (Lipinski definition) is 3. The molecule has 1 aromatic carbocycles. The van der Waals surface area contributed by atoms with Crippen LogP contribution in [0.4, 0.5) is 5.69 Å². The second-order valence-corrected chi connectivity index (χ2v) is 4.80. The number of nitrogens with two attached hydrogens (primary N) is 1. The Morgan fingerprint density at radius 3 is 2.65 bits per heavy atom. The third-order valence-corrected chi connectivity index (χ3v) is 3.08. The highest BCUT2D eigenvalue weighted by Gasteiger charge is 2.13. The van der Waals surface area contributed by atoms with Crippen LogP contribution in [0.3, 0.4) is 0 Å². The van der Waals surface area contributed by atoms with Crippen molar-refractivity contribution in [1.29, 1.82) is 0 Å². The Hall–Kier alpha value is -2.30. The number of primary amides is 1. The molecule has 5 heteroatoms. The van der Waals surface area contributed by atoms with Crippen LogP contribution in [0.5, 0.6) is 5.75 Å². The molecule has 0 spiro atoms. The van der Waals surface area contributed by atoms with E-state index in [1.54, 1.807) is 24.3 Å². The van der Waals surface area contributed by atoms with Gasteiger partial charge in [0, 0.05) is 12.1 Å². The van der Waals surface area contributed by atoms with E-state index in [0.717, 1.165) is 12.8 Å². The van der Waals surface area contributed by atoms with Crippen LogP contribution in [0.1, 0.15) is 19.3 Å². The molecule has 2 amide bonds. The fraction of sp³-hybridized carbons (Fsp3) is 0.333. The maximum absolute atomic E-state index is 11.8. The van der Waals surface area contributed by atoms with Gasteiger partial charge >= 0.3 is 0 Å². The standard InChI is InChI=1S/C15H18N2O3/c16-14(18)10-20-13-7-5-12(6-8-13)17-15(19)9-11-3-1-2-4-11/h1,3,5-8,11H,2,4,9-10H2,(H2,16,18)(H,17,19)/t11-/m0/s1. The molecule has 0 heterocycles. The van der Waals surface area contributed by atoms with E-state index in [9.17, 15) is 9.59 Å². The molecule has 0 aromatic heterocycles. The van der Waals surface area contributed by atoms with E-state index in [1.807, 2.05) is 0 Å². The molecule has 0 aliphatic heterocycles. The van der Waals surface area contributed by atoms with Crippen LogP contribution in [0.2, 0.25) is 0 Å². The van der Waals surface area contributed by atoms with Gasteiger partial charge in [-0.1, -0.05) is 12.2 Å². The molecule has 20 heavy (non-hydrogen) atoms. The Morgan fingerprint density at radius 1 is 1.30 bits per heavy atom. The Kier molecular flexibility index (Phi) is 4.76. The molecule has 0 bridgehead atoms. The summed E-state index contributed by atoms with van der Waals surface area (Å²) in [5.74, 6) is 0.382. The number of benzene rings is 1. The number of amides is 2. The number of ether oxygens (including phenoxy) is 1. The first-order valence-electron chi connectivity index (χ1n) is 6.61. The van der Waals surface area contributed by atoms with Gasteiger partial charge in [0.15, 0.2) is 6.61 Å². The molecule has 0 fully saturated rings. The first kappa shape index (κ1) is 14.1.